The average Bonchev–Trinajstić information content (AvgIpc) is 3.12. The molecule has 0 saturated carbocycles. The number of carbonyl (C=O) groups is 1. The molecule has 0 unspecified atom stereocenters. The van der Waals surface area contributed by atoms with Crippen molar-refractivity contribution in [3.05, 3.63) is 78.6 Å². The molecule has 1 amide bonds. The molecule has 126 valence electrons. The fourth-order valence-corrected chi connectivity index (χ4v) is 2.34. The standard InChI is InChI=1S/C21H19NO3/c1-2-24-18-10-8-17(9-11-18)22-21(23)15-13-19-12-14-20(25-19)16-6-4-3-5-7-16/h3-15H,2H2,1H3,(H,22,23)/b15-13+. The number of amides is 1. The lowest BCUT2D eigenvalue weighted by molar-refractivity contribution is -0.111. The highest BCUT2D eigenvalue weighted by atomic mass is 16.5. The molecule has 0 spiro atoms. The highest BCUT2D eigenvalue weighted by molar-refractivity contribution is 6.01. The van der Waals surface area contributed by atoms with Crippen LogP contribution >= 0.6 is 0 Å². The Morgan fingerprint density at radius 1 is 1.04 bits per heavy atom. The van der Waals surface area contributed by atoms with Gasteiger partial charge in [0.25, 0.3) is 0 Å². The zero-order chi connectivity index (χ0) is 17.5. The molecular formula is C21H19NO3. The summed E-state index contributed by atoms with van der Waals surface area (Å²) in [7, 11) is 0. The summed E-state index contributed by atoms with van der Waals surface area (Å²) in [4.78, 5) is 12.0. The molecule has 1 aromatic heterocycles. The summed E-state index contributed by atoms with van der Waals surface area (Å²) in [6, 6.07) is 20.8. The summed E-state index contributed by atoms with van der Waals surface area (Å²) in [5, 5.41) is 2.80. The van der Waals surface area contributed by atoms with Crippen LogP contribution in [0.3, 0.4) is 0 Å². The summed E-state index contributed by atoms with van der Waals surface area (Å²) >= 11 is 0. The SMILES string of the molecule is CCOc1ccc(NC(=O)/C=C/c2ccc(-c3ccccc3)o2)cc1. The maximum absolute atomic E-state index is 12.0. The zero-order valence-electron chi connectivity index (χ0n) is 13.9. The largest absolute Gasteiger partial charge is 0.494 e. The molecule has 0 saturated heterocycles. The maximum Gasteiger partial charge on any atom is 0.248 e. The van der Waals surface area contributed by atoms with E-state index < -0.39 is 0 Å². The second kappa shape index (κ2) is 8.02. The third kappa shape index (κ3) is 4.61. The Morgan fingerprint density at radius 3 is 2.52 bits per heavy atom. The molecule has 0 atom stereocenters. The summed E-state index contributed by atoms with van der Waals surface area (Å²) in [6.07, 6.45) is 3.10. The van der Waals surface area contributed by atoms with E-state index in [2.05, 4.69) is 5.32 Å². The fourth-order valence-electron chi connectivity index (χ4n) is 2.34. The van der Waals surface area contributed by atoms with Gasteiger partial charge in [0.2, 0.25) is 5.91 Å². The second-order valence-corrected chi connectivity index (χ2v) is 5.35. The van der Waals surface area contributed by atoms with Crippen LogP contribution in [0, 0.1) is 0 Å². The minimum absolute atomic E-state index is 0.221. The Labute approximate surface area is 146 Å². The third-order valence-electron chi connectivity index (χ3n) is 3.52. The Bertz CT molecular complexity index is 848. The molecule has 0 aliphatic rings. The lowest BCUT2D eigenvalue weighted by atomic mass is 10.2. The zero-order valence-corrected chi connectivity index (χ0v) is 13.9. The number of carbonyl (C=O) groups excluding carboxylic acids is 1. The number of hydrogen-bond acceptors (Lipinski definition) is 3. The van der Waals surface area contributed by atoms with Crippen molar-refractivity contribution in [3.8, 4) is 17.1 Å². The van der Waals surface area contributed by atoms with Crippen LogP contribution in [-0.2, 0) is 4.79 Å². The van der Waals surface area contributed by atoms with Gasteiger partial charge in [-0.2, -0.15) is 0 Å². The van der Waals surface area contributed by atoms with Gasteiger partial charge in [-0.15, -0.1) is 0 Å². The highest BCUT2D eigenvalue weighted by Crippen LogP contribution is 2.22. The number of nitrogens with one attached hydrogen (secondary N) is 1. The average molecular weight is 333 g/mol. The van der Waals surface area contributed by atoms with E-state index in [0.717, 1.165) is 17.1 Å². The molecule has 3 aromatic rings. The number of anilines is 1. The van der Waals surface area contributed by atoms with Gasteiger partial charge in [-0.1, -0.05) is 30.3 Å². The van der Waals surface area contributed by atoms with Crippen molar-refractivity contribution in [2.45, 2.75) is 6.92 Å². The highest BCUT2D eigenvalue weighted by Gasteiger charge is 2.03. The van der Waals surface area contributed by atoms with E-state index in [-0.39, 0.29) is 5.91 Å². The van der Waals surface area contributed by atoms with Crippen LogP contribution < -0.4 is 10.1 Å². The molecule has 4 heteroatoms. The van der Waals surface area contributed by atoms with E-state index in [0.29, 0.717) is 18.1 Å². The van der Waals surface area contributed by atoms with Crippen LogP contribution in [0.5, 0.6) is 5.75 Å². The van der Waals surface area contributed by atoms with Crippen LogP contribution in [0.4, 0.5) is 5.69 Å². The van der Waals surface area contributed by atoms with Gasteiger partial charge in [0.05, 0.1) is 6.61 Å². The van der Waals surface area contributed by atoms with Gasteiger partial charge in [0.1, 0.15) is 17.3 Å². The monoisotopic (exact) mass is 333 g/mol. The molecule has 1 heterocycles. The van der Waals surface area contributed by atoms with E-state index in [1.54, 1.807) is 18.2 Å². The van der Waals surface area contributed by atoms with E-state index >= 15 is 0 Å². The molecule has 1 N–H and O–H groups in total. The lowest BCUT2D eigenvalue weighted by Crippen LogP contribution is -2.07. The Balaban J connectivity index is 1.60. The molecule has 0 fully saturated rings. The topological polar surface area (TPSA) is 51.5 Å². The maximum atomic E-state index is 12.0. The van der Waals surface area contributed by atoms with Crippen molar-refractivity contribution in [3.63, 3.8) is 0 Å². The molecule has 0 radical (unpaired) electrons. The van der Waals surface area contributed by atoms with E-state index in [9.17, 15) is 4.79 Å². The predicted molar refractivity (Wildman–Crippen MR) is 99.4 cm³/mol. The minimum atomic E-state index is -0.221. The summed E-state index contributed by atoms with van der Waals surface area (Å²) in [6.45, 7) is 2.54. The number of benzene rings is 2. The van der Waals surface area contributed by atoms with Gasteiger partial charge >= 0.3 is 0 Å². The van der Waals surface area contributed by atoms with Gasteiger partial charge in [-0.05, 0) is 49.4 Å². The first-order valence-corrected chi connectivity index (χ1v) is 8.12. The van der Waals surface area contributed by atoms with Crippen molar-refractivity contribution in [2.24, 2.45) is 0 Å². The number of furan rings is 1. The molecule has 25 heavy (non-hydrogen) atoms. The molecule has 3 rings (SSSR count). The predicted octanol–water partition coefficient (Wildman–Crippen LogP) is 5.00. The minimum Gasteiger partial charge on any atom is -0.494 e. The number of ether oxygens (including phenoxy) is 1. The quantitative estimate of drug-likeness (QED) is 0.646. The summed E-state index contributed by atoms with van der Waals surface area (Å²) < 4.78 is 11.1. The Hall–Kier alpha value is -3.27. The molecule has 0 bridgehead atoms. The Morgan fingerprint density at radius 2 is 1.80 bits per heavy atom. The normalized spacial score (nSPS) is 10.8. The second-order valence-electron chi connectivity index (χ2n) is 5.35. The van der Waals surface area contributed by atoms with Crippen molar-refractivity contribution < 1.29 is 13.9 Å². The van der Waals surface area contributed by atoms with E-state index in [1.165, 1.54) is 6.08 Å². The number of hydrogen-bond donors (Lipinski definition) is 1. The van der Waals surface area contributed by atoms with Crippen LogP contribution in [-0.4, -0.2) is 12.5 Å². The molecule has 0 aliphatic carbocycles. The fraction of sp³-hybridized carbons (Fsp3) is 0.0952. The van der Waals surface area contributed by atoms with Gasteiger partial charge in [0, 0.05) is 17.3 Å². The van der Waals surface area contributed by atoms with Gasteiger partial charge in [-0.3, -0.25) is 4.79 Å². The van der Waals surface area contributed by atoms with Crippen LogP contribution in [0.1, 0.15) is 12.7 Å². The van der Waals surface area contributed by atoms with E-state index in [4.69, 9.17) is 9.15 Å². The van der Waals surface area contributed by atoms with Gasteiger partial charge in [0.15, 0.2) is 0 Å². The van der Waals surface area contributed by atoms with Gasteiger partial charge < -0.3 is 14.5 Å². The summed E-state index contributed by atoms with van der Waals surface area (Å²) in [5.74, 6) is 1.95. The van der Waals surface area contributed by atoms with Crippen LogP contribution in [0.25, 0.3) is 17.4 Å². The third-order valence-corrected chi connectivity index (χ3v) is 3.52. The lowest BCUT2D eigenvalue weighted by Gasteiger charge is -2.05. The van der Waals surface area contributed by atoms with Crippen LogP contribution in [0.2, 0.25) is 0 Å². The Kier molecular flexibility index (Phi) is 5.32. The van der Waals surface area contributed by atoms with E-state index in [1.807, 2.05) is 61.5 Å². The first-order chi connectivity index (χ1) is 12.2. The first kappa shape index (κ1) is 16.6. The van der Waals surface area contributed by atoms with Crippen molar-refractivity contribution in [1.29, 1.82) is 0 Å². The van der Waals surface area contributed by atoms with Crippen molar-refractivity contribution in [2.75, 3.05) is 11.9 Å². The molecular weight excluding hydrogens is 314 g/mol. The van der Waals surface area contributed by atoms with Crippen molar-refractivity contribution >= 4 is 17.7 Å². The first-order valence-electron chi connectivity index (χ1n) is 8.12. The smallest absolute Gasteiger partial charge is 0.248 e. The van der Waals surface area contributed by atoms with Crippen molar-refractivity contribution in [1.82, 2.24) is 0 Å². The van der Waals surface area contributed by atoms with Crippen LogP contribution in [0.15, 0.2) is 77.2 Å². The molecule has 0 aliphatic heterocycles. The van der Waals surface area contributed by atoms with Gasteiger partial charge in [-0.25, -0.2) is 0 Å². The molecule has 2 aromatic carbocycles. The molecule has 4 nitrogen and oxygen atoms in total. The number of rotatable bonds is 6. The summed E-state index contributed by atoms with van der Waals surface area (Å²) in [5.41, 5.74) is 1.71.